The largest absolute Gasteiger partial charge is 0.480 e. The fourth-order valence-corrected chi connectivity index (χ4v) is 1.34. The van der Waals surface area contributed by atoms with Gasteiger partial charge in [-0.2, -0.15) is 0 Å². The van der Waals surface area contributed by atoms with Gasteiger partial charge >= 0.3 is 5.97 Å². The van der Waals surface area contributed by atoms with Crippen molar-refractivity contribution in [2.45, 2.75) is 18.9 Å². The molecule has 0 aliphatic heterocycles. The number of benzene rings is 1. The maximum absolute atomic E-state index is 10.9. The molecule has 0 radical (unpaired) electrons. The predicted octanol–water partition coefficient (Wildman–Crippen LogP) is 0.780. The smallest absolute Gasteiger partial charge is 0.323 e. The molecule has 0 amide bonds. The standard InChI is InChI=1S/C11H16N4O2.2ClH/c1-11(14,9(16)17)6-7-2-4-8(5-3-7)15-10(12)13;;/h2-5H,6,14H2,1H3,(H,16,17)(H4,12,13,15);2*1H. The number of carboxylic acids is 1. The van der Waals surface area contributed by atoms with E-state index in [1.165, 1.54) is 6.92 Å². The second kappa shape index (κ2) is 7.83. The van der Waals surface area contributed by atoms with E-state index in [0.29, 0.717) is 5.69 Å². The molecule has 7 N–H and O–H groups in total. The topological polar surface area (TPSA) is 128 Å². The van der Waals surface area contributed by atoms with Crippen molar-refractivity contribution in [1.29, 1.82) is 0 Å². The van der Waals surface area contributed by atoms with E-state index >= 15 is 0 Å². The van der Waals surface area contributed by atoms with Crippen LogP contribution in [0.5, 0.6) is 0 Å². The van der Waals surface area contributed by atoms with Gasteiger partial charge in [0.25, 0.3) is 0 Å². The van der Waals surface area contributed by atoms with Crippen molar-refractivity contribution in [3.05, 3.63) is 29.8 Å². The van der Waals surface area contributed by atoms with Gasteiger partial charge in [0.15, 0.2) is 5.96 Å². The predicted molar refractivity (Wildman–Crippen MR) is 80.3 cm³/mol. The van der Waals surface area contributed by atoms with E-state index in [2.05, 4.69) is 4.99 Å². The van der Waals surface area contributed by atoms with Gasteiger partial charge in [0.2, 0.25) is 0 Å². The highest BCUT2D eigenvalue weighted by molar-refractivity contribution is 5.85. The number of rotatable bonds is 4. The minimum Gasteiger partial charge on any atom is -0.480 e. The molecule has 19 heavy (non-hydrogen) atoms. The summed E-state index contributed by atoms with van der Waals surface area (Å²) >= 11 is 0. The molecule has 1 atom stereocenters. The van der Waals surface area contributed by atoms with Crippen molar-refractivity contribution >= 4 is 42.4 Å². The van der Waals surface area contributed by atoms with Crippen LogP contribution in [0.4, 0.5) is 5.69 Å². The Morgan fingerprint density at radius 3 is 2.11 bits per heavy atom. The van der Waals surface area contributed by atoms with Crippen LogP contribution in [-0.2, 0) is 11.2 Å². The lowest BCUT2D eigenvalue weighted by atomic mass is 9.94. The van der Waals surface area contributed by atoms with E-state index in [1.54, 1.807) is 24.3 Å². The summed E-state index contributed by atoms with van der Waals surface area (Å²) in [5.41, 5.74) is 16.3. The third-order valence-corrected chi connectivity index (χ3v) is 2.25. The lowest BCUT2D eigenvalue weighted by molar-refractivity contribution is -0.142. The van der Waals surface area contributed by atoms with Gasteiger partial charge in [-0.05, 0) is 24.6 Å². The summed E-state index contributed by atoms with van der Waals surface area (Å²) in [6, 6.07) is 6.89. The number of nitrogens with two attached hydrogens (primary N) is 3. The number of aliphatic carboxylic acids is 1. The zero-order chi connectivity index (χ0) is 13.1. The summed E-state index contributed by atoms with van der Waals surface area (Å²) in [7, 11) is 0. The summed E-state index contributed by atoms with van der Waals surface area (Å²) in [5, 5.41) is 8.90. The Morgan fingerprint density at radius 2 is 1.74 bits per heavy atom. The molecule has 0 saturated heterocycles. The molecular weight excluding hydrogens is 291 g/mol. The summed E-state index contributed by atoms with van der Waals surface area (Å²) in [4.78, 5) is 14.7. The summed E-state index contributed by atoms with van der Waals surface area (Å²) < 4.78 is 0. The van der Waals surface area contributed by atoms with E-state index < -0.39 is 11.5 Å². The highest BCUT2D eigenvalue weighted by atomic mass is 35.5. The quantitative estimate of drug-likeness (QED) is 0.482. The Balaban J connectivity index is 0. The van der Waals surface area contributed by atoms with E-state index in [0.717, 1.165) is 5.56 Å². The van der Waals surface area contributed by atoms with E-state index in [4.69, 9.17) is 22.3 Å². The first-order valence-electron chi connectivity index (χ1n) is 5.02. The van der Waals surface area contributed by atoms with Crippen LogP contribution < -0.4 is 17.2 Å². The van der Waals surface area contributed by atoms with E-state index in [9.17, 15) is 4.79 Å². The molecular formula is C11H18Cl2N4O2. The van der Waals surface area contributed by atoms with Crippen LogP contribution in [0.2, 0.25) is 0 Å². The van der Waals surface area contributed by atoms with E-state index in [1.807, 2.05) is 0 Å². The van der Waals surface area contributed by atoms with Crippen LogP contribution in [0.3, 0.4) is 0 Å². The first-order valence-corrected chi connectivity index (χ1v) is 5.02. The van der Waals surface area contributed by atoms with Crippen LogP contribution in [0.25, 0.3) is 0 Å². The van der Waals surface area contributed by atoms with Gasteiger partial charge in [-0.3, -0.25) is 4.79 Å². The monoisotopic (exact) mass is 308 g/mol. The molecule has 0 aromatic heterocycles. The van der Waals surface area contributed by atoms with Crippen LogP contribution >= 0.6 is 24.8 Å². The number of hydrogen-bond donors (Lipinski definition) is 4. The van der Waals surface area contributed by atoms with Gasteiger partial charge in [0, 0.05) is 6.42 Å². The van der Waals surface area contributed by atoms with Crippen molar-refractivity contribution < 1.29 is 9.90 Å². The fourth-order valence-electron chi connectivity index (χ4n) is 1.34. The molecule has 0 spiro atoms. The lowest BCUT2D eigenvalue weighted by Gasteiger charge is -2.18. The fraction of sp³-hybridized carbons (Fsp3) is 0.273. The number of nitrogens with zero attached hydrogens (tertiary/aromatic N) is 1. The van der Waals surface area contributed by atoms with Crippen molar-refractivity contribution in [1.82, 2.24) is 0 Å². The summed E-state index contributed by atoms with van der Waals surface area (Å²) in [5.74, 6) is -1.06. The first-order chi connectivity index (χ1) is 7.81. The highest BCUT2D eigenvalue weighted by Gasteiger charge is 2.27. The van der Waals surface area contributed by atoms with Crippen LogP contribution in [-0.4, -0.2) is 22.6 Å². The number of guanidine groups is 1. The summed E-state index contributed by atoms with van der Waals surface area (Å²) in [6.45, 7) is 1.47. The normalized spacial score (nSPS) is 12.3. The second-order valence-electron chi connectivity index (χ2n) is 4.10. The molecule has 0 saturated carbocycles. The summed E-state index contributed by atoms with van der Waals surface area (Å²) in [6.07, 6.45) is 0.241. The molecule has 1 aromatic rings. The minimum absolute atomic E-state index is 0. The molecule has 6 nitrogen and oxygen atoms in total. The average Bonchev–Trinajstić information content (AvgIpc) is 2.19. The Labute approximate surface area is 123 Å². The number of carboxylic acid groups (broad SMARTS) is 1. The zero-order valence-electron chi connectivity index (χ0n) is 10.4. The van der Waals surface area contributed by atoms with Gasteiger partial charge in [-0.15, -0.1) is 24.8 Å². The van der Waals surface area contributed by atoms with Crippen molar-refractivity contribution in [3.63, 3.8) is 0 Å². The molecule has 1 rings (SSSR count). The molecule has 0 aliphatic rings. The third kappa shape index (κ3) is 6.28. The lowest BCUT2D eigenvalue weighted by Crippen LogP contribution is -2.46. The Hall–Kier alpha value is -1.50. The highest BCUT2D eigenvalue weighted by Crippen LogP contribution is 2.16. The van der Waals surface area contributed by atoms with Gasteiger partial charge in [-0.25, -0.2) is 4.99 Å². The average molecular weight is 309 g/mol. The van der Waals surface area contributed by atoms with Gasteiger partial charge in [-0.1, -0.05) is 12.1 Å². The maximum Gasteiger partial charge on any atom is 0.323 e. The van der Waals surface area contributed by atoms with Crippen LogP contribution in [0.15, 0.2) is 29.3 Å². The molecule has 1 unspecified atom stereocenters. The second-order valence-corrected chi connectivity index (χ2v) is 4.10. The number of hydrogen-bond acceptors (Lipinski definition) is 3. The van der Waals surface area contributed by atoms with Gasteiger partial charge in [0.1, 0.15) is 5.54 Å². The molecule has 0 bridgehead atoms. The third-order valence-electron chi connectivity index (χ3n) is 2.25. The number of aliphatic imine (C=N–C) groups is 1. The molecule has 8 heteroatoms. The van der Waals surface area contributed by atoms with E-state index in [-0.39, 0.29) is 37.2 Å². The number of halogens is 2. The number of carbonyl (C=O) groups is 1. The Bertz CT molecular complexity index is 443. The molecule has 0 heterocycles. The molecule has 1 aromatic carbocycles. The van der Waals surface area contributed by atoms with Crippen molar-refractivity contribution in [2.75, 3.05) is 0 Å². The maximum atomic E-state index is 10.9. The Kier molecular flexibility index (Phi) is 8.17. The van der Waals surface area contributed by atoms with Gasteiger partial charge in [0.05, 0.1) is 5.69 Å². The Morgan fingerprint density at radius 1 is 1.26 bits per heavy atom. The van der Waals surface area contributed by atoms with Gasteiger partial charge < -0.3 is 22.3 Å². The zero-order valence-corrected chi connectivity index (χ0v) is 12.0. The molecule has 0 fully saturated rings. The van der Waals surface area contributed by atoms with Crippen molar-refractivity contribution in [3.8, 4) is 0 Å². The first kappa shape index (κ1) is 19.8. The minimum atomic E-state index is -1.28. The molecule has 108 valence electrons. The van der Waals surface area contributed by atoms with Crippen LogP contribution in [0, 0.1) is 0 Å². The van der Waals surface area contributed by atoms with Crippen LogP contribution in [0.1, 0.15) is 12.5 Å². The molecule has 0 aliphatic carbocycles. The van der Waals surface area contributed by atoms with Crippen molar-refractivity contribution in [2.24, 2.45) is 22.2 Å². The SMILES string of the molecule is CC(N)(Cc1ccc(N=C(N)N)cc1)C(=O)O.Cl.Cl.